The van der Waals surface area contributed by atoms with E-state index in [9.17, 15) is 4.39 Å². The highest BCUT2D eigenvalue weighted by atomic mass is 35.5. The number of halogens is 5. The summed E-state index contributed by atoms with van der Waals surface area (Å²) < 4.78 is 13.5. The van der Waals surface area contributed by atoms with Gasteiger partial charge in [-0.2, -0.15) is 0 Å². The molecule has 0 aliphatic rings. The van der Waals surface area contributed by atoms with Gasteiger partial charge in [0.2, 0.25) is 0 Å². The number of nitrogens with one attached hydrogen (secondary N) is 1. The van der Waals surface area contributed by atoms with Gasteiger partial charge in [0.05, 0.1) is 21.8 Å². The van der Waals surface area contributed by atoms with Crippen molar-refractivity contribution >= 4 is 52.1 Å². The summed E-state index contributed by atoms with van der Waals surface area (Å²) in [6.45, 7) is 1.81. The minimum atomic E-state index is -0.517. The molecule has 1 N–H and O–H groups in total. The Morgan fingerprint density at radius 1 is 1.00 bits per heavy atom. The Labute approximate surface area is 136 Å². The van der Waals surface area contributed by atoms with Gasteiger partial charge in [0.15, 0.2) is 0 Å². The molecule has 0 radical (unpaired) electrons. The van der Waals surface area contributed by atoms with Crippen LogP contribution in [0.4, 0.5) is 10.1 Å². The van der Waals surface area contributed by atoms with E-state index >= 15 is 0 Å². The lowest BCUT2D eigenvalue weighted by molar-refractivity contribution is 0.624. The molecular weight excluding hydrogens is 343 g/mol. The van der Waals surface area contributed by atoms with Crippen molar-refractivity contribution in [1.82, 2.24) is 0 Å². The third-order valence-electron chi connectivity index (χ3n) is 2.81. The van der Waals surface area contributed by atoms with E-state index in [4.69, 9.17) is 46.4 Å². The van der Waals surface area contributed by atoms with E-state index in [1.807, 2.05) is 6.92 Å². The monoisotopic (exact) mass is 351 g/mol. The molecule has 1 atom stereocenters. The number of benzene rings is 2. The van der Waals surface area contributed by atoms with E-state index < -0.39 is 5.82 Å². The zero-order valence-electron chi connectivity index (χ0n) is 10.4. The minimum absolute atomic E-state index is 0.00403. The molecule has 2 aromatic rings. The van der Waals surface area contributed by atoms with Crippen LogP contribution in [0, 0.1) is 5.82 Å². The highest BCUT2D eigenvalue weighted by molar-refractivity contribution is 6.36. The van der Waals surface area contributed by atoms with Crippen molar-refractivity contribution in [3.8, 4) is 0 Å². The normalized spacial score (nSPS) is 12.3. The maximum atomic E-state index is 13.5. The largest absolute Gasteiger partial charge is 0.377 e. The van der Waals surface area contributed by atoms with Crippen LogP contribution >= 0.6 is 46.4 Å². The molecule has 106 valence electrons. The van der Waals surface area contributed by atoms with Gasteiger partial charge in [-0.3, -0.25) is 0 Å². The molecule has 0 bridgehead atoms. The van der Waals surface area contributed by atoms with Crippen LogP contribution < -0.4 is 5.32 Å². The van der Waals surface area contributed by atoms with Crippen LogP contribution in [-0.2, 0) is 0 Å². The number of anilines is 1. The van der Waals surface area contributed by atoms with Crippen molar-refractivity contribution in [2.75, 3.05) is 5.32 Å². The summed E-state index contributed by atoms with van der Waals surface area (Å²) in [6, 6.07) is 7.40. The fourth-order valence-electron chi connectivity index (χ4n) is 1.85. The summed E-state index contributed by atoms with van der Waals surface area (Å²) in [5, 5.41) is 4.55. The van der Waals surface area contributed by atoms with Crippen molar-refractivity contribution in [2.45, 2.75) is 13.0 Å². The smallest absolute Gasteiger partial charge is 0.142 e. The molecule has 1 unspecified atom stereocenters. The van der Waals surface area contributed by atoms with Gasteiger partial charge >= 0.3 is 0 Å². The summed E-state index contributed by atoms with van der Waals surface area (Å²) in [4.78, 5) is 0. The third-order valence-corrected chi connectivity index (χ3v) is 4.09. The van der Waals surface area contributed by atoms with E-state index in [0.29, 0.717) is 26.3 Å². The van der Waals surface area contributed by atoms with Crippen molar-refractivity contribution in [3.63, 3.8) is 0 Å². The van der Waals surface area contributed by atoms with Crippen LogP contribution in [0.15, 0.2) is 30.3 Å². The van der Waals surface area contributed by atoms with Crippen LogP contribution in [-0.4, -0.2) is 0 Å². The van der Waals surface area contributed by atoms with Gasteiger partial charge in [-0.15, -0.1) is 0 Å². The number of hydrogen-bond donors (Lipinski definition) is 1. The average Bonchev–Trinajstić information content (AvgIpc) is 2.39. The van der Waals surface area contributed by atoms with Gasteiger partial charge < -0.3 is 5.32 Å². The standard InChI is InChI=1S/C14H10Cl4FN/c1-7(13-10(17)4-5-11(19)14(13)18)20-12-6-8(15)2-3-9(12)16/h2-7,20H,1H3. The zero-order chi connectivity index (χ0) is 14.9. The molecule has 20 heavy (non-hydrogen) atoms. The maximum absolute atomic E-state index is 13.5. The Kier molecular flexibility index (Phi) is 5.03. The highest BCUT2D eigenvalue weighted by Crippen LogP contribution is 2.35. The Morgan fingerprint density at radius 2 is 1.65 bits per heavy atom. The fourth-order valence-corrected chi connectivity index (χ4v) is 2.90. The summed E-state index contributed by atoms with van der Waals surface area (Å²) in [7, 11) is 0. The Morgan fingerprint density at radius 3 is 2.35 bits per heavy atom. The summed E-state index contributed by atoms with van der Waals surface area (Å²) >= 11 is 24.1. The van der Waals surface area contributed by atoms with Gasteiger partial charge in [-0.25, -0.2) is 4.39 Å². The summed E-state index contributed by atoms with van der Waals surface area (Å²) in [6.07, 6.45) is 0. The van der Waals surface area contributed by atoms with Gasteiger partial charge in [0.1, 0.15) is 5.82 Å². The predicted octanol–water partition coefficient (Wildman–Crippen LogP) is 6.61. The van der Waals surface area contributed by atoms with Crippen molar-refractivity contribution in [3.05, 3.63) is 61.8 Å². The minimum Gasteiger partial charge on any atom is -0.377 e. The number of hydrogen-bond acceptors (Lipinski definition) is 1. The topological polar surface area (TPSA) is 12.0 Å². The second-order valence-corrected chi connectivity index (χ2v) is 5.88. The third kappa shape index (κ3) is 3.32. The molecule has 0 fully saturated rings. The van der Waals surface area contributed by atoms with Gasteiger partial charge in [-0.1, -0.05) is 46.4 Å². The van der Waals surface area contributed by atoms with Crippen molar-refractivity contribution in [2.24, 2.45) is 0 Å². The Bertz CT molecular complexity index is 645. The molecule has 0 heterocycles. The van der Waals surface area contributed by atoms with E-state index in [2.05, 4.69) is 5.32 Å². The lowest BCUT2D eigenvalue weighted by Gasteiger charge is -2.19. The maximum Gasteiger partial charge on any atom is 0.142 e. The molecule has 1 nitrogen and oxygen atoms in total. The van der Waals surface area contributed by atoms with Gasteiger partial charge in [0.25, 0.3) is 0 Å². The molecule has 0 aromatic heterocycles. The zero-order valence-corrected chi connectivity index (χ0v) is 13.4. The fraction of sp³-hybridized carbons (Fsp3) is 0.143. The van der Waals surface area contributed by atoms with Crippen LogP contribution in [0.5, 0.6) is 0 Å². The lowest BCUT2D eigenvalue weighted by Crippen LogP contribution is -2.09. The predicted molar refractivity (Wildman–Crippen MR) is 84.9 cm³/mol. The summed E-state index contributed by atoms with van der Waals surface area (Å²) in [5.74, 6) is -0.517. The molecule has 6 heteroatoms. The average molecular weight is 353 g/mol. The molecule has 2 rings (SSSR count). The van der Waals surface area contributed by atoms with Gasteiger partial charge in [-0.05, 0) is 37.3 Å². The second-order valence-electron chi connectivity index (χ2n) is 4.25. The first-order valence-electron chi connectivity index (χ1n) is 5.75. The lowest BCUT2D eigenvalue weighted by atomic mass is 10.1. The first kappa shape index (κ1) is 15.7. The van der Waals surface area contributed by atoms with Crippen LogP contribution in [0.3, 0.4) is 0 Å². The molecule has 0 aliphatic heterocycles. The molecule has 0 saturated heterocycles. The molecular formula is C14H10Cl4FN. The Balaban J connectivity index is 2.35. The van der Waals surface area contributed by atoms with E-state index in [1.54, 1.807) is 18.2 Å². The van der Waals surface area contributed by atoms with Crippen LogP contribution in [0.2, 0.25) is 20.1 Å². The molecule has 0 saturated carbocycles. The summed E-state index contributed by atoms with van der Waals surface area (Å²) in [5.41, 5.74) is 1.10. The van der Waals surface area contributed by atoms with Crippen LogP contribution in [0.25, 0.3) is 0 Å². The quantitative estimate of drug-likeness (QED) is 0.612. The first-order valence-corrected chi connectivity index (χ1v) is 7.26. The molecule has 2 aromatic carbocycles. The molecule has 0 spiro atoms. The molecule has 0 aliphatic carbocycles. The molecule has 0 amide bonds. The van der Waals surface area contributed by atoms with E-state index in [-0.39, 0.29) is 11.1 Å². The SMILES string of the molecule is CC(Nc1cc(Cl)ccc1Cl)c1c(Cl)ccc(F)c1Cl. The van der Waals surface area contributed by atoms with E-state index in [1.165, 1.54) is 12.1 Å². The van der Waals surface area contributed by atoms with Crippen molar-refractivity contribution in [1.29, 1.82) is 0 Å². The number of rotatable bonds is 3. The van der Waals surface area contributed by atoms with Gasteiger partial charge in [0, 0.05) is 15.6 Å². The highest BCUT2D eigenvalue weighted by Gasteiger charge is 2.17. The van der Waals surface area contributed by atoms with Crippen molar-refractivity contribution < 1.29 is 4.39 Å². The Hall–Kier alpha value is -0.670. The second kappa shape index (κ2) is 6.40. The first-order chi connectivity index (χ1) is 9.40. The van der Waals surface area contributed by atoms with E-state index in [0.717, 1.165) is 0 Å². The van der Waals surface area contributed by atoms with Crippen LogP contribution in [0.1, 0.15) is 18.5 Å².